The maximum Gasteiger partial charge on any atom is 0.188 e. The summed E-state index contributed by atoms with van der Waals surface area (Å²) in [5.41, 5.74) is -1.09. The number of fused-ring (bicyclic) bond motifs is 1. The molecule has 2 saturated heterocycles. The molecule has 0 unspecified atom stereocenters. The number of hydrogen-bond acceptors (Lipinski definition) is 5. The largest absolute Gasteiger partial charge is 0.393 e. The second-order valence-corrected chi connectivity index (χ2v) is 5.17. The van der Waals surface area contributed by atoms with Gasteiger partial charge < -0.3 is 24.4 Å². The van der Waals surface area contributed by atoms with Crippen LogP contribution < -0.4 is 0 Å². The maximum atomic E-state index is 9.95. The van der Waals surface area contributed by atoms with Crippen LogP contribution in [0.1, 0.15) is 20.8 Å². The lowest BCUT2D eigenvalue weighted by molar-refractivity contribution is -0.252. The molecule has 2 aliphatic rings. The predicted molar refractivity (Wildman–Crippen MR) is 60.1 cm³/mol. The van der Waals surface area contributed by atoms with Gasteiger partial charge in [-0.15, -0.1) is 6.58 Å². The summed E-state index contributed by atoms with van der Waals surface area (Å²) >= 11 is 0. The normalized spacial score (nSPS) is 45.6. The quantitative estimate of drug-likeness (QED) is 0.704. The summed E-state index contributed by atoms with van der Waals surface area (Å²) in [6.07, 6.45) is -0.434. The molecule has 0 saturated carbocycles. The summed E-state index contributed by atoms with van der Waals surface area (Å²) in [6.45, 7) is 8.72. The molecular formula is C12H20O5. The van der Waals surface area contributed by atoms with Crippen molar-refractivity contribution in [1.82, 2.24) is 0 Å². The van der Waals surface area contributed by atoms with Gasteiger partial charge in [0.25, 0.3) is 0 Å². The fourth-order valence-electron chi connectivity index (χ4n) is 2.60. The Morgan fingerprint density at radius 2 is 2.00 bits per heavy atom. The molecule has 2 fully saturated rings. The van der Waals surface area contributed by atoms with E-state index in [0.29, 0.717) is 0 Å². The average Bonchev–Trinajstić information content (AvgIpc) is 2.70. The van der Waals surface area contributed by atoms with Crippen molar-refractivity contribution in [3.8, 4) is 0 Å². The van der Waals surface area contributed by atoms with Gasteiger partial charge in [0.1, 0.15) is 17.8 Å². The molecule has 5 heteroatoms. The third-order valence-corrected chi connectivity index (χ3v) is 3.66. The fourth-order valence-corrected chi connectivity index (χ4v) is 2.60. The molecule has 0 aromatic rings. The lowest BCUT2D eigenvalue weighted by atomic mass is 9.83. The number of ether oxygens (including phenoxy) is 3. The van der Waals surface area contributed by atoms with Gasteiger partial charge >= 0.3 is 0 Å². The van der Waals surface area contributed by atoms with E-state index in [0.717, 1.165) is 0 Å². The van der Waals surface area contributed by atoms with Crippen molar-refractivity contribution in [1.29, 1.82) is 0 Å². The molecule has 17 heavy (non-hydrogen) atoms. The van der Waals surface area contributed by atoms with Gasteiger partial charge in [-0.3, -0.25) is 0 Å². The van der Waals surface area contributed by atoms with Crippen molar-refractivity contribution in [3.05, 3.63) is 12.7 Å². The molecule has 2 heterocycles. The molecule has 98 valence electrons. The van der Waals surface area contributed by atoms with Crippen molar-refractivity contribution < 1.29 is 24.4 Å². The zero-order chi connectivity index (χ0) is 12.8. The second kappa shape index (κ2) is 4.03. The Bertz CT molecular complexity index is 316. The highest BCUT2D eigenvalue weighted by molar-refractivity contribution is 5.08. The van der Waals surface area contributed by atoms with E-state index in [1.54, 1.807) is 0 Å². The van der Waals surface area contributed by atoms with E-state index < -0.39 is 23.8 Å². The first kappa shape index (κ1) is 13.0. The Hall–Kier alpha value is -0.460. The molecule has 0 aliphatic carbocycles. The lowest BCUT2D eigenvalue weighted by Gasteiger charge is -2.36. The summed E-state index contributed by atoms with van der Waals surface area (Å²) in [4.78, 5) is 0. The lowest BCUT2D eigenvalue weighted by Crippen LogP contribution is -2.51. The van der Waals surface area contributed by atoms with Crippen molar-refractivity contribution in [2.45, 2.75) is 50.7 Å². The van der Waals surface area contributed by atoms with Gasteiger partial charge in [0.15, 0.2) is 12.1 Å². The van der Waals surface area contributed by atoms with Crippen LogP contribution in [0.25, 0.3) is 0 Å². The highest BCUT2D eigenvalue weighted by atomic mass is 16.8. The third kappa shape index (κ3) is 1.82. The first-order chi connectivity index (χ1) is 7.86. The number of hydrogen-bond donors (Lipinski definition) is 2. The Morgan fingerprint density at radius 3 is 2.47 bits per heavy atom. The smallest absolute Gasteiger partial charge is 0.188 e. The topological polar surface area (TPSA) is 68.2 Å². The first-order valence-electron chi connectivity index (χ1n) is 5.81. The van der Waals surface area contributed by atoms with Gasteiger partial charge in [0.05, 0.1) is 6.61 Å². The van der Waals surface area contributed by atoms with E-state index in [-0.39, 0.29) is 18.6 Å². The first-order valence-corrected chi connectivity index (χ1v) is 5.81. The summed E-state index contributed by atoms with van der Waals surface area (Å²) in [5, 5.41) is 19.5. The summed E-state index contributed by atoms with van der Waals surface area (Å²) < 4.78 is 17.0. The van der Waals surface area contributed by atoms with Crippen LogP contribution >= 0.6 is 0 Å². The van der Waals surface area contributed by atoms with Crippen LogP contribution in [0, 0.1) is 5.92 Å². The van der Waals surface area contributed by atoms with Gasteiger partial charge in [-0.1, -0.05) is 13.0 Å². The molecule has 0 radical (unpaired) electrons. The maximum absolute atomic E-state index is 9.95. The van der Waals surface area contributed by atoms with E-state index in [1.807, 2.05) is 20.8 Å². The molecule has 0 aromatic heterocycles. The minimum absolute atomic E-state index is 0.188. The van der Waals surface area contributed by atoms with Crippen molar-refractivity contribution >= 4 is 0 Å². The van der Waals surface area contributed by atoms with Crippen LogP contribution in [-0.4, -0.2) is 46.7 Å². The Labute approximate surface area is 101 Å². The third-order valence-electron chi connectivity index (χ3n) is 3.66. The molecule has 0 bridgehead atoms. The highest BCUT2D eigenvalue weighted by Gasteiger charge is 2.61. The average molecular weight is 244 g/mol. The van der Waals surface area contributed by atoms with Gasteiger partial charge in [0.2, 0.25) is 0 Å². The second-order valence-electron chi connectivity index (χ2n) is 5.17. The minimum Gasteiger partial charge on any atom is -0.393 e. The van der Waals surface area contributed by atoms with Gasteiger partial charge in [-0.25, -0.2) is 0 Å². The molecule has 0 spiro atoms. The Balaban J connectivity index is 2.24. The molecule has 0 aromatic carbocycles. The van der Waals surface area contributed by atoms with Crippen LogP contribution in [0.15, 0.2) is 12.7 Å². The van der Waals surface area contributed by atoms with E-state index in [9.17, 15) is 10.2 Å². The number of aliphatic hydroxyl groups excluding tert-OH is 2. The zero-order valence-corrected chi connectivity index (χ0v) is 10.4. The van der Waals surface area contributed by atoms with Crippen LogP contribution in [0.3, 0.4) is 0 Å². The van der Waals surface area contributed by atoms with E-state index in [4.69, 9.17) is 14.2 Å². The molecule has 2 rings (SSSR count). The number of aliphatic hydroxyl groups is 2. The van der Waals surface area contributed by atoms with Crippen LogP contribution in [-0.2, 0) is 14.2 Å². The van der Waals surface area contributed by atoms with Crippen LogP contribution in [0.2, 0.25) is 0 Å². The molecule has 5 atom stereocenters. The monoisotopic (exact) mass is 244 g/mol. The van der Waals surface area contributed by atoms with Gasteiger partial charge in [-0.05, 0) is 13.8 Å². The highest BCUT2D eigenvalue weighted by Crippen LogP contribution is 2.47. The zero-order valence-electron chi connectivity index (χ0n) is 10.4. The fraction of sp³-hybridized carbons (Fsp3) is 0.833. The molecule has 5 nitrogen and oxygen atoms in total. The Morgan fingerprint density at radius 1 is 1.35 bits per heavy atom. The Kier molecular flexibility index (Phi) is 3.08. The summed E-state index contributed by atoms with van der Waals surface area (Å²) in [6, 6.07) is 0. The van der Waals surface area contributed by atoms with Crippen molar-refractivity contribution in [2.75, 3.05) is 6.61 Å². The van der Waals surface area contributed by atoms with E-state index in [1.165, 1.54) is 6.08 Å². The summed E-state index contributed by atoms with van der Waals surface area (Å²) in [5.74, 6) is -0.878. The van der Waals surface area contributed by atoms with Crippen molar-refractivity contribution in [2.24, 2.45) is 5.92 Å². The minimum atomic E-state index is -1.09. The predicted octanol–water partition coefficient (Wildman–Crippen LogP) is 0.408. The molecular weight excluding hydrogens is 224 g/mol. The summed E-state index contributed by atoms with van der Waals surface area (Å²) in [7, 11) is 0. The number of rotatable bonds is 3. The van der Waals surface area contributed by atoms with Gasteiger partial charge in [-0.2, -0.15) is 0 Å². The van der Waals surface area contributed by atoms with Crippen molar-refractivity contribution in [3.63, 3.8) is 0 Å². The molecule has 2 aliphatic heterocycles. The van der Waals surface area contributed by atoms with E-state index >= 15 is 0 Å². The van der Waals surface area contributed by atoms with Crippen LogP contribution in [0.5, 0.6) is 0 Å². The standard InChI is InChI=1S/C12H20O5/c1-5-8(14)12(6-13)7(2)9-10(17-12)16-11(3,4)15-9/h5,7-10,13-14H,1,6H2,2-4H3/t7-,8-,9+,10-,12-/m0/s1. The van der Waals surface area contributed by atoms with E-state index in [2.05, 4.69) is 6.58 Å². The van der Waals surface area contributed by atoms with Gasteiger partial charge in [0, 0.05) is 5.92 Å². The molecule has 0 amide bonds. The SMILES string of the molecule is C=C[C@H](O)[C@@]1(CO)O[C@@H]2OC(C)(C)O[C@@H]2[C@@H]1C. The van der Waals surface area contributed by atoms with Crippen LogP contribution in [0.4, 0.5) is 0 Å². The molecule has 2 N–H and O–H groups in total.